The van der Waals surface area contributed by atoms with Crippen LogP contribution in [-0.2, 0) is 9.53 Å². The Balaban J connectivity index is 2.26. The minimum absolute atomic E-state index is 0.0502. The van der Waals surface area contributed by atoms with Gasteiger partial charge in [0, 0.05) is 39.8 Å². The van der Waals surface area contributed by atoms with Crippen LogP contribution in [0.25, 0.3) is 0 Å². The molecule has 5 heteroatoms. The van der Waals surface area contributed by atoms with E-state index in [1.54, 1.807) is 6.92 Å². The zero-order chi connectivity index (χ0) is 11.3. The van der Waals surface area contributed by atoms with Gasteiger partial charge in [-0.15, -0.1) is 0 Å². The maximum atomic E-state index is 11.5. The third kappa shape index (κ3) is 4.15. The lowest BCUT2D eigenvalue weighted by Gasteiger charge is -2.35. The lowest BCUT2D eigenvalue weighted by molar-refractivity contribution is -0.137. The maximum Gasteiger partial charge on any atom is 0.248 e. The van der Waals surface area contributed by atoms with Crippen LogP contribution in [0.4, 0.5) is 0 Å². The lowest BCUT2D eigenvalue weighted by Crippen LogP contribution is -2.50. The van der Waals surface area contributed by atoms with Crippen LogP contribution in [0, 0.1) is 0 Å². The van der Waals surface area contributed by atoms with Crippen LogP contribution < -0.4 is 0 Å². The molecule has 0 aromatic carbocycles. The fourth-order valence-electron chi connectivity index (χ4n) is 1.77. The van der Waals surface area contributed by atoms with E-state index in [4.69, 9.17) is 4.74 Å². The first kappa shape index (κ1) is 12.4. The Morgan fingerprint density at radius 2 is 2.00 bits per heavy atom. The lowest BCUT2D eigenvalue weighted by atomic mass is 10.3. The number of rotatable bonds is 4. The van der Waals surface area contributed by atoms with E-state index in [0.29, 0.717) is 6.54 Å². The van der Waals surface area contributed by atoms with Crippen molar-refractivity contribution in [3.8, 4) is 0 Å². The summed E-state index contributed by atoms with van der Waals surface area (Å²) in [5.41, 5.74) is 0. The predicted molar refractivity (Wildman–Crippen MR) is 56.6 cm³/mol. The number of ether oxygens (including phenoxy) is 1. The van der Waals surface area contributed by atoms with Crippen molar-refractivity contribution in [2.75, 3.05) is 46.4 Å². The standard InChI is InChI=1S/C10H20N2O3/c1-9(13)7-11-3-5-12(6-4-11)10(14)8-15-2/h9,13H,3-8H2,1-2H3/t9-/m0/s1. The van der Waals surface area contributed by atoms with Crippen LogP contribution in [0.1, 0.15) is 6.92 Å². The van der Waals surface area contributed by atoms with Gasteiger partial charge >= 0.3 is 0 Å². The van der Waals surface area contributed by atoms with Crippen LogP contribution in [0.15, 0.2) is 0 Å². The number of piperazine rings is 1. The number of hydrogen-bond acceptors (Lipinski definition) is 4. The van der Waals surface area contributed by atoms with Crippen molar-refractivity contribution in [1.82, 2.24) is 9.80 Å². The summed E-state index contributed by atoms with van der Waals surface area (Å²) in [6.45, 7) is 5.76. The number of aliphatic hydroxyl groups is 1. The summed E-state index contributed by atoms with van der Waals surface area (Å²) in [7, 11) is 1.53. The van der Waals surface area contributed by atoms with E-state index in [1.165, 1.54) is 7.11 Å². The Morgan fingerprint density at radius 1 is 1.40 bits per heavy atom. The number of carbonyl (C=O) groups is 1. The monoisotopic (exact) mass is 216 g/mol. The van der Waals surface area contributed by atoms with E-state index in [9.17, 15) is 9.90 Å². The number of β-amino-alcohol motifs (C(OH)–C–C–N with tert-alkyl or cyclic N) is 1. The molecule has 1 atom stereocenters. The highest BCUT2D eigenvalue weighted by Crippen LogP contribution is 2.03. The molecular weight excluding hydrogens is 196 g/mol. The van der Waals surface area contributed by atoms with Crippen LogP contribution in [0.2, 0.25) is 0 Å². The van der Waals surface area contributed by atoms with Gasteiger partial charge in [0.15, 0.2) is 0 Å². The van der Waals surface area contributed by atoms with Crippen LogP contribution in [0.3, 0.4) is 0 Å². The van der Waals surface area contributed by atoms with Crippen LogP contribution >= 0.6 is 0 Å². The van der Waals surface area contributed by atoms with Crippen LogP contribution in [0.5, 0.6) is 0 Å². The van der Waals surface area contributed by atoms with Gasteiger partial charge in [-0.2, -0.15) is 0 Å². The average Bonchev–Trinajstić information content (AvgIpc) is 2.18. The molecule has 1 heterocycles. The van der Waals surface area contributed by atoms with Crippen molar-refractivity contribution in [3.05, 3.63) is 0 Å². The molecule has 0 unspecified atom stereocenters. The Labute approximate surface area is 90.6 Å². The highest BCUT2D eigenvalue weighted by Gasteiger charge is 2.21. The van der Waals surface area contributed by atoms with Crippen molar-refractivity contribution in [1.29, 1.82) is 0 Å². The van der Waals surface area contributed by atoms with E-state index in [1.807, 2.05) is 4.90 Å². The molecule has 1 rings (SSSR count). The second-order valence-electron chi connectivity index (χ2n) is 3.96. The molecule has 5 nitrogen and oxygen atoms in total. The minimum atomic E-state index is -0.300. The normalized spacial score (nSPS) is 20.3. The van der Waals surface area contributed by atoms with E-state index < -0.39 is 0 Å². The summed E-state index contributed by atoms with van der Waals surface area (Å²) in [5.74, 6) is 0.0502. The second kappa shape index (κ2) is 6.05. The number of nitrogens with zero attached hydrogens (tertiary/aromatic N) is 2. The van der Waals surface area contributed by atoms with Gasteiger partial charge in [-0.1, -0.05) is 0 Å². The molecule has 0 bridgehead atoms. The highest BCUT2D eigenvalue weighted by atomic mass is 16.5. The topological polar surface area (TPSA) is 53.0 Å². The fourth-order valence-corrected chi connectivity index (χ4v) is 1.77. The number of hydrogen-bond donors (Lipinski definition) is 1. The Kier molecular flexibility index (Phi) is 5.01. The molecule has 1 N–H and O–H groups in total. The molecule has 0 aromatic heterocycles. The summed E-state index contributed by atoms with van der Waals surface area (Å²) in [5, 5.41) is 9.22. The highest BCUT2D eigenvalue weighted by molar-refractivity contribution is 5.77. The maximum absolute atomic E-state index is 11.5. The van der Waals surface area contributed by atoms with Crippen molar-refractivity contribution in [2.45, 2.75) is 13.0 Å². The van der Waals surface area contributed by atoms with Crippen molar-refractivity contribution in [3.63, 3.8) is 0 Å². The van der Waals surface area contributed by atoms with Gasteiger partial charge in [0.2, 0.25) is 5.91 Å². The van der Waals surface area contributed by atoms with Gasteiger partial charge in [0.1, 0.15) is 6.61 Å². The fraction of sp³-hybridized carbons (Fsp3) is 0.900. The van der Waals surface area contributed by atoms with E-state index in [2.05, 4.69) is 4.90 Å². The van der Waals surface area contributed by atoms with Gasteiger partial charge < -0.3 is 14.7 Å². The van der Waals surface area contributed by atoms with E-state index in [0.717, 1.165) is 26.2 Å². The molecule has 1 aliphatic rings. The number of methoxy groups -OCH3 is 1. The number of carbonyl (C=O) groups excluding carboxylic acids is 1. The van der Waals surface area contributed by atoms with Gasteiger partial charge in [0.05, 0.1) is 6.10 Å². The SMILES string of the molecule is COCC(=O)N1CCN(C[C@H](C)O)CC1. The Morgan fingerprint density at radius 3 is 2.47 bits per heavy atom. The molecule has 1 saturated heterocycles. The van der Waals surface area contributed by atoms with E-state index >= 15 is 0 Å². The quantitative estimate of drug-likeness (QED) is 0.665. The van der Waals surface area contributed by atoms with Gasteiger partial charge in [-0.05, 0) is 6.92 Å². The van der Waals surface area contributed by atoms with Crippen molar-refractivity contribution < 1.29 is 14.6 Å². The Bertz CT molecular complexity index is 201. The molecule has 88 valence electrons. The smallest absolute Gasteiger partial charge is 0.248 e. The first-order valence-corrected chi connectivity index (χ1v) is 5.30. The summed E-state index contributed by atoms with van der Waals surface area (Å²) in [4.78, 5) is 15.4. The zero-order valence-corrected chi connectivity index (χ0v) is 9.48. The van der Waals surface area contributed by atoms with Crippen LogP contribution in [-0.4, -0.2) is 73.4 Å². The molecule has 0 radical (unpaired) electrons. The molecule has 1 fully saturated rings. The van der Waals surface area contributed by atoms with Gasteiger partial charge in [-0.25, -0.2) is 0 Å². The first-order valence-electron chi connectivity index (χ1n) is 5.30. The van der Waals surface area contributed by atoms with Crippen molar-refractivity contribution >= 4 is 5.91 Å². The number of amides is 1. The molecule has 0 spiro atoms. The summed E-state index contributed by atoms with van der Waals surface area (Å²) < 4.78 is 4.80. The van der Waals surface area contributed by atoms with E-state index in [-0.39, 0.29) is 18.6 Å². The second-order valence-corrected chi connectivity index (χ2v) is 3.96. The average molecular weight is 216 g/mol. The molecule has 1 amide bonds. The molecule has 1 aliphatic heterocycles. The minimum Gasteiger partial charge on any atom is -0.392 e. The summed E-state index contributed by atoms with van der Waals surface area (Å²) in [6.07, 6.45) is -0.300. The third-order valence-corrected chi connectivity index (χ3v) is 2.52. The van der Waals surface area contributed by atoms with Gasteiger partial charge in [-0.3, -0.25) is 9.69 Å². The summed E-state index contributed by atoms with van der Waals surface area (Å²) in [6, 6.07) is 0. The Hall–Kier alpha value is -0.650. The first-order chi connectivity index (χ1) is 7.13. The van der Waals surface area contributed by atoms with Crippen molar-refractivity contribution in [2.24, 2.45) is 0 Å². The molecule has 15 heavy (non-hydrogen) atoms. The zero-order valence-electron chi connectivity index (χ0n) is 9.48. The largest absolute Gasteiger partial charge is 0.392 e. The molecule has 0 aromatic rings. The molecular formula is C10H20N2O3. The number of aliphatic hydroxyl groups excluding tert-OH is 1. The van der Waals surface area contributed by atoms with Gasteiger partial charge in [0.25, 0.3) is 0 Å². The summed E-state index contributed by atoms with van der Waals surface area (Å²) >= 11 is 0. The predicted octanol–water partition coefficient (Wildman–Crippen LogP) is -0.842. The third-order valence-electron chi connectivity index (χ3n) is 2.52. The molecule has 0 aliphatic carbocycles. The molecule has 0 saturated carbocycles.